The summed E-state index contributed by atoms with van der Waals surface area (Å²) in [7, 11) is 0. The van der Waals surface area contributed by atoms with Gasteiger partial charge in [-0.25, -0.2) is 14.8 Å². The molecule has 3 aromatic heterocycles. The van der Waals surface area contributed by atoms with Crippen LogP contribution in [0.4, 0.5) is 16.6 Å². The lowest BCUT2D eigenvalue weighted by Crippen LogP contribution is -2.38. The van der Waals surface area contributed by atoms with Crippen molar-refractivity contribution in [3.05, 3.63) is 71.3 Å². The van der Waals surface area contributed by atoms with E-state index in [1.54, 1.807) is 6.07 Å². The fourth-order valence-electron chi connectivity index (χ4n) is 6.03. The van der Waals surface area contributed by atoms with Gasteiger partial charge >= 0.3 is 6.03 Å². The Morgan fingerprint density at radius 3 is 2.63 bits per heavy atom. The number of hydrogen-bond acceptors (Lipinski definition) is 8. The van der Waals surface area contributed by atoms with E-state index in [1.807, 2.05) is 61.7 Å². The summed E-state index contributed by atoms with van der Waals surface area (Å²) in [5.41, 5.74) is 3.35. The van der Waals surface area contributed by atoms with E-state index in [-0.39, 0.29) is 36.0 Å². The van der Waals surface area contributed by atoms with Gasteiger partial charge in [-0.1, -0.05) is 45.0 Å². The molecular formula is C32H40N8O3. The van der Waals surface area contributed by atoms with Crippen LogP contribution in [0, 0.1) is 0 Å². The molecule has 2 aliphatic rings. The molecule has 1 fully saturated rings. The van der Waals surface area contributed by atoms with Crippen LogP contribution in [0.1, 0.15) is 94.6 Å². The molecule has 4 heterocycles. The quantitative estimate of drug-likeness (QED) is 0.272. The maximum atomic E-state index is 13.1. The topological polar surface area (TPSA) is 130 Å². The summed E-state index contributed by atoms with van der Waals surface area (Å²) in [6.07, 6.45) is 6.81. The number of rotatable bonds is 6. The van der Waals surface area contributed by atoms with Gasteiger partial charge in [0, 0.05) is 24.1 Å². The number of amides is 2. The van der Waals surface area contributed by atoms with E-state index in [9.17, 15) is 9.90 Å². The minimum Gasteiger partial charge on any atom is -0.484 e. The number of urea groups is 1. The average Bonchev–Trinajstić information content (AvgIpc) is 3.41. The maximum absolute atomic E-state index is 13.1. The average molecular weight is 585 g/mol. The molecule has 1 aliphatic carbocycles. The number of nitrogens with zero attached hydrogens (tertiary/aromatic N) is 6. The molecule has 11 heteroatoms. The van der Waals surface area contributed by atoms with Crippen molar-refractivity contribution in [1.29, 1.82) is 0 Å². The van der Waals surface area contributed by atoms with Crippen LogP contribution in [-0.2, 0) is 12.0 Å². The lowest BCUT2D eigenvalue weighted by molar-refractivity contribution is 0.171. The fourth-order valence-corrected chi connectivity index (χ4v) is 6.03. The van der Waals surface area contributed by atoms with Gasteiger partial charge in [0.25, 0.3) is 0 Å². The Hall–Kier alpha value is -4.25. The second-order valence-electron chi connectivity index (χ2n) is 12.6. The zero-order valence-electron chi connectivity index (χ0n) is 25.2. The van der Waals surface area contributed by atoms with Gasteiger partial charge in [0.2, 0.25) is 5.95 Å². The Bertz CT molecular complexity index is 1610. The van der Waals surface area contributed by atoms with Crippen LogP contribution >= 0.6 is 0 Å². The number of piperidine rings is 1. The van der Waals surface area contributed by atoms with Gasteiger partial charge in [-0.05, 0) is 62.3 Å². The Labute approximate surface area is 251 Å². The minimum atomic E-state index is -0.362. The summed E-state index contributed by atoms with van der Waals surface area (Å²) >= 11 is 0. The lowest BCUT2D eigenvalue weighted by Gasteiger charge is -2.33. The van der Waals surface area contributed by atoms with Crippen molar-refractivity contribution in [3.63, 3.8) is 0 Å². The van der Waals surface area contributed by atoms with Crippen molar-refractivity contribution in [1.82, 2.24) is 29.9 Å². The summed E-state index contributed by atoms with van der Waals surface area (Å²) in [6.45, 7) is 8.99. The summed E-state index contributed by atoms with van der Waals surface area (Å²) < 4.78 is 8.61. The van der Waals surface area contributed by atoms with Gasteiger partial charge in [0.1, 0.15) is 24.3 Å². The molecule has 3 atom stereocenters. The third-order valence-corrected chi connectivity index (χ3v) is 8.36. The van der Waals surface area contributed by atoms with E-state index in [0.29, 0.717) is 18.3 Å². The van der Waals surface area contributed by atoms with Crippen molar-refractivity contribution in [2.45, 2.75) is 90.0 Å². The molecule has 1 aromatic carbocycles. The summed E-state index contributed by atoms with van der Waals surface area (Å²) in [5.74, 6) is 2.24. The standard InChI is InChI=1S/C32H40N8O3/c1-20-9-7-8-16-39(20)31-38-37-29-15-12-21(18-40(29)31)43-25-14-13-24(22-10-5-6-11-23(22)25)33-30(42)36-27-17-26(32(2,3)4)34-28(19-41)35-27/h5-6,10-12,15,17-18,20,24-25,41H,7-9,13-14,16,19H2,1-4H3,(H2,33,34,35,36,42)/t20?,24-,25+/m0/s1. The highest BCUT2D eigenvalue weighted by molar-refractivity contribution is 5.88. The molecule has 43 heavy (non-hydrogen) atoms. The number of carbonyl (C=O) groups is 1. The van der Waals surface area contributed by atoms with E-state index < -0.39 is 0 Å². The minimum absolute atomic E-state index is 0.160. The van der Waals surface area contributed by atoms with Gasteiger partial charge in [-0.3, -0.25) is 9.72 Å². The number of benzene rings is 1. The van der Waals surface area contributed by atoms with Crippen molar-refractivity contribution in [3.8, 4) is 5.75 Å². The second kappa shape index (κ2) is 11.8. The highest BCUT2D eigenvalue weighted by Crippen LogP contribution is 2.39. The first kappa shape index (κ1) is 28.9. The zero-order chi connectivity index (χ0) is 30.1. The summed E-state index contributed by atoms with van der Waals surface area (Å²) in [6, 6.07) is 13.6. The van der Waals surface area contributed by atoms with Crippen LogP contribution in [0.5, 0.6) is 5.75 Å². The summed E-state index contributed by atoms with van der Waals surface area (Å²) in [5, 5.41) is 24.5. The molecular weight excluding hydrogens is 544 g/mol. The summed E-state index contributed by atoms with van der Waals surface area (Å²) in [4.78, 5) is 24.1. The third kappa shape index (κ3) is 6.13. The SMILES string of the molecule is CC1CCCCN1c1nnc2ccc(O[C@@H]3CC[C@H](NC(=O)Nc4cc(C(C)(C)C)nc(CO)n4)c4ccccc43)cn12. The number of aliphatic hydroxyl groups is 1. The third-order valence-electron chi connectivity index (χ3n) is 8.36. The van der Waals surface area contributed by atoms with Gasteiger partial charge in [-0.2, -0.15) is 0 Å². The zero-order valence-corrected chi connectivity index (χ0v) is 25.2. The van der Waals surface area contributed by atoms with Crippen molar-refractivity contribution < 1.29 is 14.6 Å². The number of aromatic nitrogens is 5. The van der Waals surface area contributed by atoms with Crippen LogP contribution in [-0.4, -0.2) is 48.3 Å². The predicted molar refractivity (Wildman–Crippen MR) is 164 cm³/mol. The van der Waals surface area contributed by atoms with E-state index in [0.717, 1.165) is 60.0 Å². The number of nitrogens with one attached hydrogen (secondary N) is 2. The monoisotopic (exact) mass is 584 g/mol. The van der Waals surface area contributed by atoms with Gasteiger partial charge < -0.3 is 20.1 Å². The lowest BCUT2D eigenvalue weighted by atomic mass is 9.85. The number of fused-ring (bicyclic) bond motifs is 2. The molecule has 1 saturated heterocycles. The number of pyridine rings is 1. The first-order chi connectivity index (χ1) is 20.7. The van der Waals surface area contributed by atoms with Crippen LogP contribution in [0.2, 0.25) is 0 Å². The van der Waals surface area contributed by atoms with Crippen LogP contribution in [0.3, 0.4) is 0 Å². The normalized spacial score (nSPS) is 20.5. The van der Waals surface area contributed by atoms with Crippen LogP contribution in [0.15, 0.2) is 48.7 Å². The molecule has 1 unspecified atom stereocenters. The molecule has 3 N–H and O–H groups in total. The van der Waals surface area contributed by atoms with Crippen molar-refractivity contribution in [2.24, 2.45) is 0 Å². The fraction of sp³-hybridized carbons (Fsp3) is 0.469. The van der Waals surface area contributed by atoms with Crippen molar-refractivity contribution in [2.75, 3.05) is 16.8 Å². The number of aliphatic hydroxyl groups excluding tert-OH is 1. The van der Waals surface area contributed by atoms with E-state index in [4.69, 9.17) is 4.74 Å². The molecule has 0 bridgehead atoms. The van der Waals surface area contributed by atoms with Crippen LogP contribution in [0.25, 0.3) is 5.65 Å². The van der Waals surface area contributed by atoms with Crippen LogP contribution < -0.4 is 20.3 Å². The first-order valence-electron chi connectivity index (χ1n) is 15.1. The number of ether oxygens (including phenoxy) is 1. The second-order valence-corrected chi connectivity index (χ2v) is 12.6. The molecule has 11 nitrogen and oxygen atoms in total. The van der Waals surface area contributed by atoms with Gasteiger partial charge in [-0.15, -0.1) is 10.2 Å². The smallest absolute Gasteiger partial charge is 0.320 e. The Kier molecular flexibility index (Phi) is 7.91. The first-order valence-corrected chi connectivity index (χ1v) is 15.1. The molecule has 0 saturated carbocycles. The molecule has 1 aliphatic heterocycles. The van der Waals surface area contributed by atoms with Gasteiger partial charge in [0.15, 0.2) is 11.5 Å². The highest BCUT2D eigenvalue weighted by atomic mass is 16.5. The van der Waals surface area contributed by atoms with Crippen molar-refractivity contribution >= 4 is 23.4 Å². The highest BCUT2D eigenvalue weighted by Gasteiger charge is 2.30. The molecule has 0 spiro atoms. The predicted octanol–water partition coefficient (Wildman–Crippen LogP) is 5.46. The Balaban J connectivity index is 1.18. The van der Waals surface area contributed by atoms with Gasteiger partial charge in [0.05, 0.1) is 17.9 Å². The number of hydrogen-bond donors (Lipinski definition) is 3. The Morgan fingerprint density at radius 1 is 1.05 bits per heavy atom. The maximum Gasteiger partial charge on any atom is 0.320 e. The molecule has 0 radical (unpaired) electrons. The molecule has 2 amide bonds. The molecule has 4 aromatic rings. The van der Waals surface area contributed by atoms with E-state index in [1.165, 1.54) is 6.42 Å². The molecule has 6 rings (SSSR count). The number of anilines is 2. The Morgan fingerprint density at radius 2 is 1.86 bits per heavy atom. The van der Waals surface area contributed by atoms with E-state index in [2.05, 4.69) is 48.7 Å². The van der Waals surface area contributed by atoms with E-state index >= 15 is 0 Å². The largest absolute Gasteiger partial charge is 0.484 e. The molecule has 226 valence electrons. The number of carbonyl (C=O) groups excluding carboxylic acids is 1.